The summed E-state index contributed by atoms with van der Waals surface area (Å²) < 4.78 is 2.48. The molecule has 0 aliphatic rings. The largest absolute Gasteiger partial charge is 0.301 e. The molecule has 0 aliphatic carbocycles. The standard InChI is InChI=1S/C24H19N5O2S2/c1-14-7-9-18-19(11-14)33-23(26-18)28-21(30)13-32-24-27-17-6-4-3-5-16(17)22(31)29(24)20-10-8-15(2)12-25-20/h3-12H,13H2,1-2H3,(H,26,28,30). The Morgan fingerprint density at radius 2 is 1.85 bits per heavy atom. The van der Waals surface area contributed by atoms with Gasteiger partial charge in [0, 0.05) is 6.20 Å². The summed E-state index contributed by atoms with van der Waals surface area (Å²) in [7, 11) is 0. The number of aromatic nitrogens is 4. The van der Waals surface area contributed by atoms with Gasteiger partial charge in [0.25, 0.3) is 5.56 Å². The zero-order chi connectivity index (χ0) is 22.9. The zero-order valence-electron chi connectivity index (χ0n) is 17.9. The van der Waals surface area contributed by atoms with E-state index in [0.29, 0.717) is 27.0 Å². The number of amides is 1. The number of rotatable bonds is 5. The first kappa shape index (κ1) is 21.3. The molecule has 0 spiro atoms. The number of thiazole rings is 1. The van der Waals surface area contributed by atoms with E-state index < -0.39 is 0 Å². The molecule has 5 aromatic rings. The fourth-order valence-electron chi connectivity index (χ4n) is 3.37. The van der Waals surface area contributed by atoms with Crippen molar-refractivity contribution in [2.75, 3.05) is 11.1 Å². The van der Waals surface area contributed by atoms with E-state index in [0.717, 1.165) is 21.3 Å². The molecule has 0 saturated heterocycles. The van der Waals surface area contributed by atoms with Gasteiger partial charge in [-0.1, -0.05) is 47.4 Å². The molecule has 0 bridgehead atoms. The van der Waals surface area contributed by atoms with Gasteiger partial charge in [0.15, 0.2) is 10.3 Å². The van der Waals surface area contributed by atoms with Gasteiger partial charge in [0.05, 0.1) is 26.9 Å². The number of carbonyl (C=O) groups is 1. The van der Waals surface area contributed by atoms with Gasteiger partial charge in [-0.05, 0) is 55.3 Å². The van der Waals surface area contributed by atoms with E-state index in [1.54, 1.807) is 30.5 Å². The Kier molecular flexibility index (Phi) is 5.65. The van der Waals surface area contributed by atoms with Crippen LogP contribution in [0.2, 0.25) is 0 Å². The zero-order valence-corrected chi connectivity index (χ0v) is 19.5. The van der Waals surface area contributed by atoms with E-state index in [4.69, 9.17) is 0 Å². The van der Waals surface area contributed by atoms with Crippen molar-refractivity contribution in [3.05, 3.63) is 82.3 Å². The maximum Gasteiger partial charge on any atom is 0.267 e. The van der Waals surface area contributed by atoms with Crippen LogP contribution >= 0.6 is 23.1 Å². The minimum Gasteiger partial charge on any atom is -0.301 e. The number of para-hydroxylation sites is 1. The summed E-state index contributed by atoms with van der Waals surface area (Å²) in [4.78, 5) is 39.5. The predicted molar refractivity (Wildman–Crippen MR) is 134 cm³/mol. The normalized spacial score (nSPS) is 11.2. The maximum absolute atomic E-state index is 13.3. The van der Waals surface area contributed by atoms with E-state index >= 15 is 0 Å². The average Bonchev–Trinajstić information content (AvgIpc) is 3.20. The highest BCUT2D eigenvalue weighted by Crippen LogP contribution is 2.27. The van der Waals surface area contributed by atoms with E-state index in [1.807, 2.05) is 44.2 Å². The highest BCUT2D eigenvalue weighted by atomic mass is 32.2. The van der Waals surface area contributed by atoms with Crippen LogP contribution in [-0.2, 0) is 4.79 Å². The molecule has 0 atom stereocenters. The molecular formula is C24H19N5O2S2. The number of thioether (sulfide) groups is 1. The monoisotopic (exact) mass is 473 g/mol. The van der Waals surface area contributed by atoms with Crippen molar-refractivity contribution in [1.29, 1.82) is 0 Å². The molecule has 164 valence electrons. The van der Waals surface area contributed by atoms with Crippen molar-refractivity contribution in [2.45, 2.75) is 19.0 Å². The molecule has 7 nitrogen and oxygen atoms in total. The first-order valence-electron chi connectivity index (χ1n) is 10.2. The Labute approximate surface area is 197 Å². The van der Waals surface area contributed by atoms with Crippen molar-refractivity contribution in [3.8, 4) is 5.82 Å². The number of nitrogens with one attached hydrogen (secondary N) is 1. The second kappa shape index (κ2) is 8.76. The van der Waals surface area contributed by atoms with Crippen LogP contribution in [0, 0.1) is 13.8 Å². The molecule has 33 heavy (non-hydrogen) atoms. The van der Waals surface area contributed by atoms with Crippen molar-refractivity contribution in [1.82, 2.24) is 19.5 Å². The van der Waals surface area contributed by atoms with Gasteiger partial charge < -0.3 is 5.32 Å². The topological polar surface area (TPSA) is 89.8 Å². The van der Waals surface area contributed by atoms with E-state index in [9.17, 15) is 9.59 Å². The maximum atomic E-state index is 13.3. The third kappa shape index (κ3) is 4.37. The van der Waals surface area contributed by atoms with Gasteiger partial charge in [-0.25, -0.2) is 19.5 Å². The second-order valence-electron chi connectivity index (χ2n) is 7.57. The van der Waals surface area contributed by atoms with Crippen LogP contribution in [0.1, 0.15) is 11.1 Å². The van der Waals surface area contributed by atoms with Crippen LogP contribution < -0.4 is 10.9 Å². The van der Waals surface area contributed by atoms with Gasteiger partial charge in [0.2, 0.25) is 5.91 Å². The number of hydrogen-bond acceptors (Lipinski definition) is 7. The lowest BCUT2D eigenvalue weighted by molar-refractivity contribution is -0.113. The Balaban J connectivity index is 1.43. The van der Waals surface area contributed by atoms with Gasteiger partial charge in [-0.2, -0.15) is 0 Å². The van der Waals surface area contributed by atoms with Crippen LogP contribution in [0.15, 0.2) is 70.7 Å². The number of benzene rings is 2. The van der Waals surface area contributed by atoms with Crippen molar-refractivity contribution >= 4 is 55.3 Å². The van der Waals surface area contributed by atoms with Gasteiger partial charge >= 0.3 is 0 Å². The molecule has 0 fully saturated rings. The highest BCUT2D eigenvalue weighted by Gasteiger charge is 2.16. The first-order chi connectivity index (χ1) is 16.0. The minimum atomic E-state index is -0.221. The van der Waals surface area contributed by atoms with E-state index in [2.05, 4.69) is 20.3 Å². The quantitative estimate of drug-likeness (QED) is 0.293. The van der Waals surface area contributed by atoms with Gasteiger partial charge in [-0.15, -0.1) is 0 Å². The van der Waals surface area contributed by atoms with Crippen LogP contribution in [0.4, 0.5) is 5.13 Å². The number of pyridine rings is 1. The molecule has 0 aliphatic heterocycles. The van der Waals surface area contributed by atoms with Crippen LogP contribution in [0.5, 0.6) is 0 Å². The summed E-state index contributed by atoms with van der Waals surface area (Å²) >= 11 is 2.62. The summed E-state index contributed by atoms with van der Waals surface area (Å²) in [6.45, 7) is 3.95. The number of carbonyl (C=O) groups excluding carboxylic acids is 1. The minimum absolute atomic E-state index is 0.0750. The lowest BCUT2D eigenvalue weighted by atomic mass is 10.2. The lowest BCUT2D eigenvalue weighted by Gasteiger charge is -2.12. The third-order valence-corrected chi connectivity index (χ3v) is 6.86. The third-order valence-electron chi connectivity index (χ3n) is 4.99. The second-order valence-corrected chi connectivity index (χ2v) is 9.55. The van der Waals surface area contributed by atoms with Crippen molar-refractivity contribution < 1.29 is 4.79 Å². The Morgan fingerprint density at radius 1 is 1.03 bits per heavy atom. The lowest BCUT2D eigenvalue weighted by Crippen LogP contribution is -2.23. The number of nitrogens with zero attached hydrogens (tertiary/aromatic N) is 4. The van der Waals surface area contributed by atoms with Crippen LogP contribution in [-0.4, -0.2) is 31.2 Å². The first-order valence-corrected chi connectivity index (χ1v) is 12.0. The van der Waals surface area contributed by atoms with E-state index in [-0.39, 0.29) is 17.2 Å². The summed E-state index contributed by atoms with van der Waals surface area (Å²) in [6, 6.07) is 16.8. The molecule has 9 heteroatoms. The molecule has 0 unspecified atom stereocenters. The SMILES string of the molecule is Cc1ccc(-n2c(SCC(=O)Nc3nc4ccc(C)cc4s3)nc3ccccc3c2=O)nc1. The van der Waals surface area contributed by atoms with E-state index in [1.165, 1.54) is 27.7 Å². The van der Waals surface area contributed by atoms with Crippen molar-refractivity contribution in [2.24, 2.45) is 0 Å². The molecule has 2 aromatic carbocycles. The molecule has 3 heterocycles. The average molecular weight is 474 g/mol. The summed E-state index contributed by atoms with van der Waals surface area (Å²) in [6.07, 6.45) is 1.70. The summed E-state index contributed by atoms with van der Waals surface area (Å²) in [5, 5.41) is 4.31. The molecule has 1 N–H and O–H groups in total. The van der Waals surface area contributed by atoms with Crippen LogP contribution in [0.3, 0.4) is 0 Å². The fourth-order valence-corrected chi connectivity index (χ4v) is 5.16. The smallest absolute Gasteiger partial charge is 0.267 e. The number of aryl methyl sites for hydroxylation is 2. The Hall–Kier alpha value is -3.56. The van der Waals surface area contributed by atoms with Crippen LogP contribution in [0.25, 0.3) is 26.9 Å². The number of fused-ring (bicyclic) bond motifs is 2. The molecule has 5 rings (SSSR count). The van der Waals surface area contributed by atoms with Gasteiger partial charge in [0.1, 0.15) is 5.82 Å². The predicted octanol–water partition coefficient (Wildman–Crippen LogP) is 4.74. The molecule has 3 aromatic heterocycles. The number of hydrogen-bond donors (Lipinski definition) is 1. The summed E-state index contributed by atoms with van der Waals surface area (Å²) in [5.74, 6) is 0.320. The fraction of sp³-hybridized carbons (Fsp3) is 0.125. The Morgan fingerprint density at radius 3 is 2.67 bits per heavy atom. The van der Waals surface area contributed by atoms with Crippen molar-refractivity contribution in [3.63, 3.8) is 0 Å². The molecule has 0 radical (unpaired) electrons. The number of anilines is 1. The van der Waals surface area contributed by atoms with Gasteiger partial charge in [-0.3, -0.25) is 9.59 Å². The summed E-state index contributed by atoms with van der Waals surface area (Å²) in [5.41, 5.74) is 3.34. The Bertz CT molecular complexity index is 1560. The molecule has 0 saturated carbocycles. The molecular weight excluding hydrogens is 454 g/mol. The molecule has 1 amide bonds. The highest BCUT2D eigenvalue weighted by molar-refractivity contribution is 7.99.